The second kappa shape index (κ2) is 5.32. The van der Waals surface area contributed by atoms with Gasteiger partial charge in [-0.1, -0.05) is 6.92 Å². The molecule has 0 radical (unpaired) electrons. The average molecular weight is 199 g/mol. The molecule has 0 aliphatic carbocycles. The minimum absolute atomic E-state index is 0.0791. The molecule has 82 valence electrons. The van der Waals surface area contributed by atoms with Crippen LogP contribution in [0, 0.1) is 0 Å². The van der Waals surface area contributed by atoms with Gasteiger partial charge in [-0.05, 0) is 26.4 Å². The molecular weight excluding hydrogens is 178 g/mol. The Morgan fingerprint density at radius 1 is 1.50 bits per heavy atom. The van der Waals surface area contributed by atoms with Gasteiger partial charge < -0.3 is 15.5 Å². The van der Waals surface area contributed by atoms with Crippen LogP contribution in [0.1, 0.15) is 20.3 Å². The fraction of sp³-hybridized carbons (Fsp3) is 0.900. The summed E-state index contributed by atoms with van der Waals surface area (Å²) in [6.07, 6.45) is 1.06. The van der Waals surface area contributed by atoms with E-state index < -0.39 is 0 Å². The van der Waals surface area contributed by atoms with Crippen molar-refractivity contribution in [3.8, 4) is 0 Å². The van der Waals surface area contributed by atoms with Crippen molar-refractivity contribution >= 4 is 5.91 Å². The largest absolute Gasteiger partial charge is 0.338 e. The molecule has 1 saturated heterocycles. The molecule has 1 heterocycles. The molecule has 0 bridgehead atoms. The zero-order valence-electron chi connectivity index (χ0n) is 9.20. The summed E-state index contributed by atoms with van der Waals surface area (Å²) in [5, 5.41) is 0. The van der Waals surface area contributed by atoms with Gasteiger partial charge in [0.1, 0.15) is 0 Å². The smallest absolute Gasteiger partial charge is 0.236 e. The second-order valence-electron chi connectivity index (χ2n) is 3.89. The maximum Gasteiger partial charge on any atom is 0.236 e. The first-order chi connectivity index (χ1) is 6.69. The van der Waals surface area contributed by atoms with Crippen LogP contribution < -0.4 is 5.73 Å². The summed E-state index contributed by atoms with van der Waals surface area (Å²) in [5.41, 5.74) is 5.38. The molecule has 4 nitrogen and oxygen atoms in total. The molecule has 1 unspecified atom stereocenters. The van der Waals surface area contributed by atoms with Crippen LogP contribution in [-0.2, 0) is 4.79 Å². The Hall–Kier alpha value is -0.610. The normalized spacial score (nSPS) is 24.8. The van der Waals surface area contributed by atoms with Crippen molar-refractivity contribution in [1.29, 1.82) is 0 Å². The fourth-order valence-corrected chi connectivity index (χ4v) is 2.02. The van der Waals surface area contributed by atoms with Crippen LogP contribution >= 0.6 is 0 Å². The van der Waals surface area contributed by atoms with Gasteiger partial charge in [0.05, 0.1) is 6.54 Å². The Morgan fingerprint density at radius 3 is 2.79 bits per heavy atom. The SMILES string of the molecule is CCN1CCCN(C(=O)CN)C(C)C1. The summed E-state index contributed by atoms with van der Waals surface area (Å²) < 4.78 is 0. The number of nitrogens with zero attached hydrogens (tertiary/aromatic N) is 2. The van der Waals surface area contributed by atoms with Gasteiger partial charge in [0.2, 0.25) is 5.91 Å². The lowest BCUT2D eigenvalue weighted by Crippen LogP contribution is -2.45. The number of rotatable bonds is 2. The van der Waals surface area contributed by atoms with E-state index >= 15 is 0 Å². The Kier molecular flexibility index (Phi) is 4.35. The molecule has 0 aromatic heterocycles. The highest BCUT2D eigenvalue weighted by Crippen LogP contribution is 2.09. The molecular formula is C10H21N3O. The van der Waals surface area contributed by atoms with Crippen molar-refractivity contribution in [1.82, 2.24) is 9.80 Å². The van der Waals surface area contributed by atoms with Gasteiger partial charge in [-0.2, -0.15) is 0 Å². The van der Waals surface area contributed by atoms with Crippen LogP contribution in [0.4, 0.5) is 0 Å². The molecule has 1 atom stereocenters. The lowest BCUT2D eigenvalue weighted by molar-refractivity contribution is -0.131. The van der Waals surface area contributed by atoms with Gasteiger partial charge in [0.15, 0.2) is 0 Å². The molecule has 1 aliphatic heterocycles. The van der Waals surface area contributed by atoms with Crippen molar-refractivity contribution in [2.45, 2.75) is 26.3 Å². The van der Waals surface area contributed by atoms with Gasteiger partial charge in [-0.15, -0.1) is 0 Å². The van der Waals surface area contributed by atoms with Crippen molar-refractivity contribution in [3.63, 3.8) is 0 Å². The van der Waals surface area contributed by atoms with Gasteiger partial charge in [-0.25, -0.2) is 0 Å². The molecule has 0 aromatic rings. The van der Waals surface area contributed by atoms with E-state index in [1.54, 1.807) is 0 Å². The lowest BCUT2D eigenvalue weighted by atomic mass is 10.2. The number of carbonyl (C=O) groups is 1. The number of nitrogens with two attached hydrogens (primary N) is 1. The van der Waals surface area contributed by atoms with E-state index in [2.05, 4.69) is 18.7 Å². The van der Waals surface area contributed by atoms with Gasteiger partial charge in [-0.3, -0.25) is 4.79 Å². The molecule has 1 fully saturated rings. The van der Waals surface area contributed by atoms with Crippen molar-refractivity contribution < 1.29 is 4.79 Å². The van der Waals surface area contributed by atoms with E-state index in [-0.39, 0.29) is 12.5 Å². The standard InChI is InChI=1S/C10H21N3O/c1-3-12-5-4-6-13(9(2)8-12)10(14)7-11/h9H,3-8,11H2,1-2H3. The number of likely N-dealkylation sites (N-methyl/N-ethyl adjacent to an activating group) is 1. The zero-order chi connectivity index (χ0) is 10.6. The third kappa shape index (κ3) is 2.69. The highest BCUT2D eigenvalue weighted by molar-refractivity contribution is 5.78. The van der Waals surface area contributed by atoms with E-state index in [1.165, 1.54) is 0 Å². The van der Waals surface area contributed by atoms with E-state index in [9.17, 15) is 4.79 Å². The predicted octanol–water partition coefficient (Wildman–Crippen LogP) is -0.112. The fourth-order valence-electron chi connectivity index (χ4n) is 2.02. The summed E-state index contributed by atoms with van der Waals surface area (Å²) in [6.45, 7) is 8.38. The number of hydrogen-bond acceptors (Lipinski definition) is 3. The molecule has 0 aromatic carbocycles. The summed E-state index contributed by atoms with van der Waals surface area (Å²) >= 11 is 0. The van der Waals surface area contributed by atoms with E-state index in [4.69, 9.17) is 5.73 Å². The van der Waals surface area contributed by atoms with E-state index in [0.29, 0.717) is 6.04 Å². The molecule has 1 rings (SSSR count). The third-order valence-electron chi connectivity index (χ3n) is 2.87. The Balaban J connectivity index is 2.57. The Bertz CT molecular complexity index is 196. The number of carbonyl (C=O) groups excluding carboxylic acids is 1. The minimum Gasteiger partial charge on any atom is -0.338 e. The summed E-state index contributed by atoms with van der Waals surface area (Å²) in [7, 11) is 0. The quantitative estimate of drug-likeness (QED) is 0.675. The first-order valence-corrected chi connectivity index (χ1v) is 5.41. The number of amides is 1. The Morgan fingerprint density at radius 2 is 2.21 bits per heavy atom. The van der Waals surface area contributed by atoms with Gasteiger partial charge >= 0.3 is 0 Å². The van der Waals surface area contributed by atoms with Crippen LogP contribution in [-0.4, -0.2) is 54.5 Å². The van der Waals surface area contributed by atoms with Crippen molar-refractivity contribution in [3.05, 3.63) is 0 Å². The second-order valence-corrected chi connectivity index (χ2v) is 3.89. The predicted molar refractivity (Wildman–Crippen MR) is 57.0 cm³/mol. The summed E-state index contributed by atoms with van der Waals surface area (Å²) in [4.78, 5) is 15.8. The van der Waals surface area contributed by atoms with Crippen LogP contribution in [0.3, 0.4) is 0 Å². The maximum atomic E-state index is 11.5. The van der Waals surface area contributed by atoms with Gasteiger partial charge in [0.25, 0.3) is 0 Å². The topological polar surface area (TPSA) is 49.6 Å². The maximum absolute atomic E-state index is 11.5. The molecule has 1 aliphatic rings. The molecule has 1 amide bonds. The number of hydrogen-bond donors (Lipinski definition) is 1. The molecule has 0 saturated carbocycles. The molecule has 14 heavy (non-hydrogen) atoms. The van der Waals surface area contributed by atoms with Crippen LogP contribution in [0.25, 0.3) is 0 Å². The van der Waals surface area contributed by atoms with E-state index in [1.807, 2.05) is 4.90 Å². The van der Waals surface area contributed by atoms with E-state index in [0.717, 1.165) is 32.6 Å². The average Bonchev–Trinajstić information content (AvgIpc) is 2.38. The monoisotopic (exact) mass is 199 g/mol. The summed E-state index contributed by atoms with van der Waals surface area (Å²) in [6, 6.07) is 0.300. The molecule has 0 spiro atoms. The first kappa shape index (κ1) is 11.5. The van der Waals surface area contributed by atoms with Crippen molar-refractivity contribution in [2.24, 2.45) is 5.73 Å². The highest BCUT2D eigenvalue weighted by Gasteiger charge is 2.23. The van der Waals surface area contributed by atoms with Crippen LogP contribution in [0.5, 0.6) is 0 Å². The highest BCUT2D eigenvalue weighted by atomic mass is 16.2. The summed E-state index contributed by atoms with van der Waals surface area (Å²) in [5.74, 6) is 0.0791. The van der Waals surface area contributed by atoms with Crippen LogP contribution in [0.2, 0.25) is 0 Å². The first-order valence-electron chi connectivity index (χ1n) is 5.41. The molecule has 2 N–H and O–H groups in total. The lowest BCUT2D eigenvalue weighted by Gasteiger charge is -2.28. The van der Waals surface area contributed by atoms with Gasteiger partial charge in [0, 0.05) is 19.1 Å². The zero-order valence-corrected chi connectivity index (χ0v) is 9.20. The van der Waals surface area contributed by atoms with Crippen molar-refractivity contribution in [2.75, 3.05) is 32.7 Å². The third-order valence-corrected chi connectivity index (χ3v) is 2.87. The molecule has 4 heteroatoms. The minimum atomic E-state index is 0.0791. The van der Waals surface area contributed by atoms with Crippen LogP contribution in [0.15, 0.2) is 0 Å². The Labute approximate surface area is 86.0 Å².